The number of aromatic nitrogens is 1. The molecule has 2 rings (SSSR count). The molecule has 1 saturated heterocycles. The summed E-state index contributed by atoms with van der Waals surface area (Å²) in [6.45, 7) is 7.11. The number of hydrogen-bond donors (Lipinski definition) is 0. The first-order valence-corrected chi connectivity index (χ1v) is 7.21. The molecule has 5 heteroatoms. The zero-order valence-corrected chi connectivity index (χ0v) is 12.9. The molecule has 110 valence electrons. The number of hydrogen-bond acceptors (Lipinski definition) is 4. The number of nitrogens with zero attached hydrogens (tertiary/aromatic N) is 1. The van der Waals surface area contributed by atoms with Crippen LogP contribution >= 0.6 is 11.6 Å². The van der Waals surface area contributed by atoms with Gasteiger partial charge in [0, 0.05) is 17.7 Å². The van der Waals surface area contributed by atoms with Crippen LogP contribution < -0.4 is 0 Å². The van der Waals surface area contributed by atoms with Gasteiger partial charge in [-0.2, -0.15) is 0 Å². The zero-order valence-electron chi connectivity index (χ0n) is 12.1. The van der Waals surface area contributed by atoms with Crippen molar-refractivity contribution in [2.45, 2.75) is 45.1 Å². The molecular formula is C15H20ClNO3. The Bertz CT molecular complexity index is 490. The highest BCUT2D eigenvalue weighted by Gasteiger charge is 2.21. The van der Waals surface area contributed by atoms with Gasteiger partial charge in [0.2, 0.25) is 0 Å². The van der Waals surface area contributed by atoms with Gasteiger partial charge in [0.15, 0.2) is 0 Å². The minimum atomic E-state index is -0.379. The van der Waals surface area contributed by atoms with E-state index in [0.29, 0.717) is 17.3 Å². The summed E-state index contributed by atoms with van der Waals surface area (Å²) in [5, 5.41) is 0.307. The zero-order chi connectivity index (χ0) is 14.8. The third kappa shape index (κ3) is 3.93. The van der Waals surface area contributed by atoms with Gasteiger partial charge in [-0.15, -0.1) is 0 Å². The van der Waals surface area contributed by atoms with Gasteiger partial charge in [-0.05, 0) is 25.0 Å². The van der Waals surface area contributed by atoms with Gasteiger partial charge < -0.3 is 9.47 Å². The second-order valence-corrected chi connectivity index (χ2v) is 6.43. The first-order valence-electron chi connectivity index (χ1n) is 6.83. The molecule has 1 unspecified atom stereocenters. The predicted molar refractivity (Wildman–Crippen MR) is 77.2 cm³/mol. The van der Waals surface area contributed by atoms with E-state index in [1.54, 1.807) is 6.07 Å². The molecular weight excluding hydrogens is 278 g/mol. The number of carbonyl (C=O) groups is 1. The van der Waals surface area contributed by atoms with E-state index in [1.807, 2.05) is 20.8 Å². The molecule has 1 aliphatic heterocycles. The van der Waals surface area contributed by atoms with Crippen molar-refractivity contribution in [3.8, 4) is 0 Å². The summed E-state index contributed by atoms with van der Waals surface area (Å²) >= 11 is 5.98. The Morgan fingerprint density at radius 1 is 1.50 bits per heavy atom. The maximum Gasteiger partial charge on any atom is 0.338 e. The smallest absolute Gasteiger partial charge is 0.338 e. The quantitative estimate of drug-likeness (QED) is 0.634. The molecule has 1 fully saturated rings. The molecule has 1 aliphatic rings. The van der Waals surface area contributed by atoms with Gasteiger partial charge in [-0.25, -0.2) is 9.78 Å². The van der Waals surface area contributed by atoms with E-state index in [2.05, 4.69) is 4.98 Å². The Kier molecular flexibility index (Phi) is 4.66. The van der Waals surface area contributed by atoms with Gasteiger partial charge >= 0.3 is 5.97 Å². The van der Waals surface area contributed by atoms with E-state index in [9.17, 15) is 4.79 Å². The molecule has 1 aromatic heterocycles. The Morgan fingerprint density at radius 3 is 2.85 bits per heavy atom. The predicted octanol–water partition coefficient (Wildman–Crippen LogP) is 3.37. The summed E-state index contributed by atoms with van der Waals surface area (Å²) in [5.41, 5.74) is 1.04. The van der Waals surface area contributed by atoms with Crippen LogP contribution in [0.3, 0.4) is 0 Å². The Labute approximate surface area is 124 Å². The van der Waals surface area contributed by atoms with E-state index in [4.69, 9.17) is 21.1 Å². The number of halogens is 1. The van der Waals surface area contributed by atoms with Crippen LogP contribution in [0.1, 0.15) is 49.7 Å². The maximum atomic E-state index is 12.1. The summed E-state index contributed by atoms with van der Waals surface area (Å²) < 4.78 is 10.7. The minimum Gasteiger partial charge on any atom is -0.459 e. The third-order valence-electron chi connectivity index (χ3n) is 3.22. The lowest BCUT2D eigenvalue weighted by Gasteiger charge is -2.18. The Balaban J connectivity index is 2.07. The Hall–Kier alpha value is -1.13. The molecule has 1 aromatic rings. The van der Waals surface area contributed by atoms with Crippen LogP contribution in [-0.4, -0.2) is 30.3 Å². The van der Waals surface area contributed by atoms with Gasteiger partial charge in [-0.3, -0.25) is 0 Å². The number of ether oxygens (including phenoxy) is 2. The van der Waals surface area contributed by atoms with Crippen molar-refractivity contribution in [1.82, 2.24) is 4.98 Å². The van der Waals surface area contributed by atoms with Crippen LogP contribution in [0.25, 0.3) is 0 Å². The third-order valence-corrected chi connectivity index (χ3v) is 3.42. The summed E-state index contributed by atoms with van der Waals surface area (Å²) in [7, 11) is 0. The number of esters is 1. The topological polar surface area (TPSA) is 48.4 Å². The SMILES string of the molecule is CC(C)(C)c1cc(C(=O)OCC2CCCO2)cc(Cl)n1. The van der Waals surface area contributed by atoms with Gasteiger partial charge in [0.1, 0.15) is 11.8 Å². The minimum absolute atomic E-state index is 0.0262. The molecule has 0 saturated carbocycles. The van der Waals surface area contributed by atoms with Crippen molar-refractivity contribution in [2.24, 2.45) is 0 Å². The normalized spacial score (nSPS) is 19.1. The first kappa shape index (κ1) is 15.3. The van der Waals surface area contributed by atoms with Crippen molar-refractivity contribution < 1.29 is 14.3 Å². The monoisotopic (exact) mass is 297 g/mol. The standard InChI is InChI=1S/C15H20ClNO3/c1-15(2,3)12-7-10(8-13(16)17-12)14(18)20-9-11-5-4-6-19-11/h7-8,11H,4-6,9H2,1-3H3. The van der Waals surface area contributed by atoms with Crippen molar-refractivity contribution in [2.75, 3.05) is 13.2 Å². The van der Waals surface area contributed by atoms with Gasteiger partial charge in [0.25, 0.3) is 0 Å². The molecule has 0 amide bonds. The van der Waals surface area contributed by atoms with Crippen molar-refractivity contribution in [3.05, 3.63) is 28.5 Å². The average Bonchev–Trinajstić information content (AvgIpc) is 2.87. The van der Waals surface area contributed by atoms with Crippen LogP contribution in [0, 0.1) is 0 Å². The molecule has 2 heterocycles. The second-order valence-electron chi connectivity index (χ2n) is 6.05. The van der Waals surface area contributed by atoms with Crippen molar-refractivity contribution in [3.63, 3.8) is 0 Å². The van der Waals surface area contributed by atoms with E-state index in [1.165, 1.54) is 6.07 Å². The first-order chi connectivity index (χ1) is 9.36. The molecule has 0 spiro atoms. The molecule has 0 bridgehead atoms. The molecule has 0 aromatic carbocycles. The fourth-order valence-electron chi connectivity index (χ4n) is 2.03. The fraction of sp³-hybridized carbons (Fsp3) is 0.600. The van der Waals surface area contributed by atoms with E-state index in [-0.39, 0.29) is 17.5 Å². The average molecular weight is 298 g/mol. The van der Waals surface area contributed by atoms with Crippen molar-refractivity contribution >= 4 is 17.6 Å². The van der Waals surface area contributed by atoms with Crippen LogP contribution in [0.5, 0.6) is 0 Å². The Morgan fingerprint density at radius 2 is 2.25 bits per heavy atom. The summed E-state index contributed by atoms with van der Waals surface area (Å²) in [4.78, 5) is 16.3. The van der Waals surface area contributed by atoms with E-state index in [0.717, 1.165) is 25.1 Å². The van der Waals surface area contributed by atoms with Gasteiger partial charge in [0.05, 0.1) is 11.7 Å². The molecule has 4 nitrogen and oxygen atoms in total. The largest absolute Gasteiger partial charge is 0.459 e. The van der Waals surface area contributed by atoms with E-state index >= 15 is 0 Å². The van der Waals surface area contributed by atoms with Gasteiger partial charge in [-0.1, -0.05) is 32.4 Å². The maximum absolute atomic E-state index is 12.1. The van der Waals surface area contributed by atoms with Crippen LogP contribution in [0.15, 0.2) is 12.1 Å². The second kappa shape index (κ2) is 6.10. The lowest BCUT2D eigenvalue weighted by Crippen LogP contribution is -2.19. The van der Waals surface area contributed by atoms with Crippen LogP contribution in [0.2, 0.25) is 5.15 Å². The highest BCUT2D eigenvalue weighted by Crippen LogP contribution is 2.24. The molecule has 1 atom stereocenters. The molecule has 0 N–H and O–H groups in total. The lowest BCUT2D eigenvalue weighted by molar-refractivity contribution is 0.0161. The fourth-order valence-corrected chi connectivity index (χ4v) is 2.24. The highest BCUT2D eigenvalue weighted by atomic mass is 35.5. The summed E-state index contributed by atoms with van der Waals surface area (Å²) in [5.74, 6) is -0.379. The van der Waals surface area contributed by atoms with E-state index < -0.39 is 0 Å². The number of pyridine rings is 1. The van der Waals surface area contributed by atoms with Crippen LogP contribution in [-0.2, 0) is 14.9 Å². The molecule has 0 radical (unpaired) electrons. The number of rotatable bonds is 3. The molecule has 20 heavy (non-hydrogen) atoms. The van der Waals surface area contributed by atoms with Crippen LogP contribution in [0.4, 0.5) is 0 Å². The van der Waals surface area contributed by atoms with Crippen molar-refractivity contribution in [1.29, 1.82) is 0 Å². The number of carbonyl (C=O) groups excluding carboxylic acids is 1. The summed E-state index contributed by atoms with van der Waals surface area (Å²) in [6.07, 6.45) is 1.99. The molecule has 0 aliphatic carbocycles. The summed E-state index contributed by atoms with van der Waals surface area (Å²) in [6, 6.07) is 3.28. The highest BCUT2D eigenvalue weighted by molar-refractivity contribution is 6.29. The lowest BCUT2D eigenvalue weighted by atomic mass is 9.91.